The fourth-order valence-electron chi connectivity index (χ4n) is 2.18. The minimum absolute atomic E-state index is 0.0659. The number of hydrogen-bond acceptors (Lipinski definition) is 4. The summed E-state index contributed by atoms with van der Waals surface area (Å²) in [5.41, 5.74) is 0.664. The topological polar surface area (TPSA) is 47.9 Å². The predicted molar refractivity (Wildman–Crippen MR) is 69.5 cm³/mol. The van der Waals surface area contributed by atoms with Gasteiger partial charge in [-0.15, -0.1) is 0 Å². The molecular weight excluding hydrogens is 282 g/mol. The Bertz CT molecular complexity index is 688. The Kier molecular flexibility index (Phi) is 3.39. The predicted octanol–water partition coefficient (Wildman–Crippen LogP) is 2.78. The number of aliphatic hydroxyl groups excluding tert-OH is 1. The zero-order valence-electron chi connectivity index (χ0n) is 11.1. The molecule has 1 aliphatic heterocycles. The quantitative estimate of drug-likeness (QED) is 0.945. The van der Waals surface area contributed by atoms with Crippen molar-refractivity contribution in [1.82, 2.24) is 0 Å². The molecule has 2 aromatic rings. The second-order valence-electron chi connectivity index (χ2n) is 4.53. The van der Waals surface area contributed by atoms with Crippen molar-refractivity contribution in [2.24, 2.45) is 0 Å². The van der Waals surface area contributed by atoms with Crippen molar-refractivity contribution in [3.05, 3.63) is 53.1 Å². The van der Waals surface area contributed by atoms with Crippen LogP contribution in [0.5, 0.6) is 17.2 Å². The van der Waals surface area contributed by atoms with Gasteiger partial charge < -0.3 is 19.3 Å². The molecule has 0 saturated heterocycles. The molecule has 4 nitrogen and oxygen atoms in total. The maximum Gasteiger partial charge on any atom is 0.231 e. The second-order valence-corrected chi connectivity index (χ2v) is 4.53. The van der Waals surface area contributed by atoms with Crippen LogP contribution < -0.4 is 14.2 Å². The van der Waals surface area contributed by atoms with Crippen LogP contribution in [0, 0.1) is 11.6 Å². The normalized spacial score (nSPS) is 14.1. The van der Waals surface area contributed by atoms with Crippen LogP contribution in [-0.2, 0) is 0 Å². The molecule has 3 rings (SSSR count). The van der Waals surface area contributed by atoms with E-state index in [1.54, 1.807) is 12.1 Å². The zero-order valence-corrected chi connectivity index (χ0v) is 11.1. The fourth-order valence-corrected chi connectivity index (χ4v) is 2.18. The van der Waals surface area contributed by atoms with E-state index in [-0.39, 0.29) is 12.4 Å². The Morgan fingerprint density at radius 2 is 1.90 bits per heavy atom. The molecule has 6 heteroatoms. The molecule has 1 heterocycles. The first-order valence-corrected chi connectivity index (χ1v) is 6.20. The van der Waals surface area contributed by atoms with Crippen LogP contribution in [-0.4, -0.2) is 19.0 Å². The average molecular weight is 294 g/mol. The van der Waals surface area contributed by atoms with Gasteiger partial charge in [0.15, 0.2) is 23.1 Å². The summed E-state index contributed by atoms with van der Waals surface area (Å²) >= 11 is 0. The van der Waals surface area contributed by atoms with Gasteiger partial charge in [-0.1, -0.05) is 6.07 Å². The first kappa shape index (κ1) is 13.6. The van der Waals surface area contributed by atoms with Crippen molar-refractivity contribution in [3.63, 3.8) is 0 Å². The van der Waals surface area contributed by atoms with Crippen molar-refractivity contribution in [2.75, 3.05) is 13.9 Å². The molecule has 0 amide bonds. The number of ether oxygens (including phenoxy) is 3. The van der Waals surface area contributed by atoms with E-state index in [9.17, 15) is 13.9 Å². The molecule has 0 aliphatic carbocycles. The van der Waals surface area contributed by atoms with Crippen molar-refractivity contribution in [1.29, 1.82) is 0 Å². The largest absolute Gasteiger partial charge is 0.493 e. The third kappa shape index (κ3) is 2.38. The highest BCUT2D eigenvalue weighted by Crippen LogP contribution is 2.43. The van der Waals surface area contributed by atoms with Gasteiger partial charge in [0.25, 0.3) is 0 Å². The molecule has 0 spiro atoms. The van der Waals surface area contributed by atoms with Crippen LogP contribution in [0.3, 0.4) is 0 Å². The van der Waals surface area contributed by atoms with Gasteiger partial charge in [-0.3, -0.25) is 0 Å². The lowest BCUT2D eigenvalue weighted by Crippen LogP contribution is -2.02. The van der Waals surface area contributed by atoms with E-state index in [4.69, 9.17) is 14.2 Å². The molecular formula is C15H12F2O4. The fraction of sp³-hybridized carbons (Fsp3) is 0.200. The van der Waals surface area contributed by atoms with Crippen molar-refractivity contribution in [2.45, 2.75) is 6.10 Å². The Morgan fingerprint density at radius 1 is 1.10 bits per heavy atom. The van der Waals surface area contributed by atoms with Crippen LogP contribution in [0.4, 0.5) is 8.78 Å². The molecule has 0 saturated carbocycles. The third-order valence-electron chi connectivity index (χ3n) is 3.26. The first-order valence-electron chi connectivity index (χ1n) is 6.20. The van der Waals surface area contributed by atoms with Gasteiger partial charge >= 0.3 is 0 Å². The minimum atomic E-state index is -1.14. The molecule has 110 valence electrons. The second kappa shape index (κ2) is 5.21. The van der Waals surface area contributed by atoms with E-state index < -0.39 is 17.7 Å². The number of benzene rings is 2. The molecule has 0 aromatic heterocycles. The maximum absolute atomic E-state index is 13.3. The van der Waals surface area contributed by atoms with E-state index in [1.807, 2.05) is 0 Å². The highest BCUT2D eigenvalue weighted by molar-refractivity contribution is 5.56. The van der Waals surface area contributed by atoms with E-state index in [0.29, 0.717) is 22.8 Å². The summed E-state index contributed by atoms with van der Waals surface area (Å²) in [6.07, 6.45) is -1.14. The standard InChI is InChI=1S/C15H12F2O4/c1-19-12-5-9(6-13-15(12)21-7-20-13)14(18)8-2-3-10(16)11(17)4-8/h2-6,14,18H,7H2,1H3. The molecule has 0 fully saturated rings. The Balaban J connectivity index is 2.01. The molecule has 1 unspecified atom stereocenters. The summed E-state index contributed by atoms with van der Waals surface area (Å²) in [6.45, 7) is 0.0659. The zero-order chi connectivity index (χ0) is 15.0. The van der Waals surface area contributed by atoms with Gasteiger partial charge in [-0.2, -0.15) is 0 Å². The number of methoxy groups -OCH3 is 1. The summed E-state index contributed by atoms with van der Waals surface area (Å²) in [5, 5.41) is 10.3. The third-order valence-corrected chi connectivity index (χ3v) is 3.26. The van der Waals surface area contributed by atoms with Gasteiger partial charge in [0.1, 0.15) is 6.10 Å². The number of fused-ring (bicyclic) bond motifs is 1. The lowest BCUT2D eigenvalue weighted by molar-refractivity contribution is 0.171. The van der Waals surface area contributed by atoms with E-state index in [2.05, 4.69) is 0 Å². The highest BCUT2D eigenvalue weighted by atomic mass is 19.2. The smallest absolute Gasteiger partial charge is 0.231 e. The molecule has 2 aromatic carbocycles. The van der Waals surface area contributed by atoms with Crippen LogP contribution in [0.1, 0.15) is 17.2 Å². The Morgan fingerprint density at radius 3 is 2.62 bits per heavy atom. The number of rotatable bonds is 3. The monoisotopic (exact) mass is 294 g/mol. The lowest BCUT2D eigenvalue weighted by atomic mass is 10.0. The van der Waals surface area contributed by atoms with Gasteiger partial charge in [0.05, 0.1) is 7.11 Å². The number of halogens is 2. The molecule has 0 radical (unpaired) electrons. The van der Waals surface area contributed by atoms with E-state index >= 15 is 0 Å². The van der Waals surface area contributed by atoms with E-state index in [1.165, 1.54) is 13.2 Å². The van der Waals surface area contributed by atoms with Crippen molar-refractivity contribution >= 4 is 0 Å². The summed E-state index contributed by atoms with van der Waals surface area (Å²) in [5.74, 6) is -0.681. The van der Waals surface area contributed by atoms with Crippen molar-refractivity contribution < 1.29 is 28.1 Å². The van der Waals surface area contributed by atoms with Crippen LogP contribution in [0.25, 0.3) is 0 Å². The van der Waals surface area contributed by atoms with Gasteiger partial charge in [-0.25, -0.2) is 8.78 Å². The summed E-state index contributed by atoms with van der Waals surface area (Å²) in [6, 6.07) is 6.39. The molecule has 21 heavy (non-hydrogen) atoms. The first-order chi connectivity index (χ1) is 10.1. The minimum Gasteiger partial charge on any atom is -0.493 e. The van der Waals surface area contributed by atoms with Gasteiger partial charge in [0.2, 0.25) is 12.5 Å². The van der Waals surface area contributed by atoms with Crippen molar-refractivity contribution in [3.8, 4) is 17.2 Å². The molecule has 1 N–H and O–H groups in total. The maximum atomic E-state index is 13.3. The Hall–Kier alpha value is -2.34. The van der Waals surface area contributed by atoms with Crippen LogP contribution in [0.15, 0.2) is 30.3 Å². The summed E-state index contributed by atoms with van der Waals surface area (Å²) in [7, 11) is 1.46. The summed E-state index contributed by atoms with van der Waals surface area (Å²) in [4.78, 5) is 0. The van der Waals surface area contributed by atoms with Gasteiger partial charge in [0, 0.05) is 0 Å². The SMILES string of the molecule is COc1cc(C(O)c2ccc(F)c(F)c2)cc2c1OCO2. The number of hydrogen-bond donors (Lipinski definition) is 1. The highest BCUT2D eigenvalue weighted by Gasteiger charge is 2.23. The number of aliphatic hydroxyl groups is 1. The van der Waals surface area contributed by atoms with Crippen LogP contribution >= 0.6 is 0 Å². The van der Waals surface area contributed by atoms with Gasteiger partial charge in [-0.05, 0) is 35.4 Å². The molecule has 0 bridgehead atoms. The lowest BCUT2D eigenvalue weighted by Gasteiger charge is -2.14. The van der Waals surface area contributed by atoms with Crippen LogP contribution in [0.2, 0.25) is 0 Å². The van der Waals surface area contributed by atoms with E-state index in [0.717, 1.165) is 12.1 Å². The molecule has 1 aliphatic rings. The molecule has 1 atom stereocenters. The summed E-state index contributed by atoms with van der Waals surface area (Å²) < 4.78 is 41.9. The Labute approximate surface area is 119 Å². The average Bonchev–Trinajstić information content (AvgIpc) is 2.96.